The summed E-state index contributed by atoms with van der Waals surface area (Å²) in [6.45, 7) is 5.34. The molecular formula is C17H20N2O2. The lowest BCUT2D eigenvalue weighted by molar-refractivity contribution is 0.297. The van der Waals surface area contributed by atoms with Crippen molar-refractivity contribution in [2.75, 3.05) is 13.2 Å². The molecule has 1 aliphatic rings. The molecule has 1 unspecified atom stereocenters. The third-order valence-electron chi connectivity index (χ3n) is 3.73. The van der Waals surface area contributed by atoms with Gasteiger partial charge in [0.25, 0.3) is 0 Å². The molecule has 21 heavy (non-hydrogen) atoms. The molecule has 110 valence electrons. The molecule has 1 aromatic carbocycles. The van der Waals surface area contributed by atoms with Gasteiger partial charge in [0.1, 0.15) is 0 Å². The summed E-state index contributed by atoms with van der Waals surface area (Å²) in [5.41, 5.74) is 10.4. The number of hydrogen-bond donors (Lipinski definition) is 1. The van der Waals surface area contributed by atoms with Gasteiger partial charge in [-0.1, -0.05) is 12.1 Å². The van der Waals surface area contributed by atoms with E-state index in [9.17, 15) is 0 Å². The Hall–Kier alpha value is -2.07. The third-order valence-corrected chi connectivity index (χ3v) is 3.73. The van der Waals surface area contributed by atoms with Crippen molar-refractivity contribution in [2.24, 2.45) is 5.73 Å². The van der Waals surface area contributed by atoms with Crippen LogP contribution in [0.3, 0.4) is 0 Å². The predicted octanol–water partition coefficient (Wildman–Crippen LogP) is 2.91. The summed E-state index contributed by atoms with van der Waals surface area (Å²) in [6.07, 6.45) is 0.900. The Bertz CT molecular complexity index is 655. The summed E-state index contributed by atoms with van der Waals surface area (Å²) < 4.78 is 11.4. The largest absolute Gasteiger partial charge is 0.490 e. The molecule has 2 aromatic rings. The maximum Gasteiger partial charge on any atom is 0.161 e. The van der Waals surface area contributed by atoms with Gasteiger partial charge in [-0.25, -0.2) is 0 Å². The lowest BCUT2D eigenvalue weighted by Crippen LogP contribution is -2.14. The van der Waals surface area contributed by atoms with Gasteiger partial charge in [0.2, 0.25) is 0 Å². The number of aryl methyl sites for hydroxylation is 2. The van der Waals surface area contributed by atoms with Gasteiger partial charge < -0.3 is 15.2 Å². The number of hydrogen-bond acceptors (Lipinski definition) is 4. The number of ether oxygens (including phenoxy) is 2. The van der Waals surface area contributed by atoms with Crippen LogP contribution in [-0.4, -0.2) is 18.2 Å². The number of aromatic nitrogens is 1. The fourth-order valence-electron chi connectivity index (χ4n) is 2.58. The summed E-state index contributed by atoms with van der Waals surface area (Å²) in [7, 11) is 0. The Balaban J connectivity index is 1.94. The minimum absolute atomic E-state index is 0.213. The molecule has 3 rings (SSSR count). The topological polar surface area (TPSA) is 57.4 Å². The van der Waals surface area contributed by atoms with E-state index in [4.69, 9.17) is 15.2 Å². The van der Waals surface area contributed by atoms with E-state index in [1.165, 1.54) is 0 Å². The monoisotopic (exact) mass is 284 g/mol. The molecule has 0 aliphatic carbocycles. The molecule has 0 saturated heterocycles. The number of pyridine rings is 1. The number of nitrogens with two attached hydrogens (primary N) is 1. The first-order chi connectivity index (χ1) is 10.1. The van der Waals surface area contributed by atoms with Crippen LogP contribution in [0.4, 0.5) is 0 Å². The van der Waals surface area contributed by atoms with E-state index >= 15 is 0 Å². The molecule has 0 amide bonds. The van der Waals surface area contributed by atoms with Gasteiger partial charge >= 0.3 is 0 Å². The normalized spacial score (nSPS) is 15.4. The second kappa shape index (κ2) is 5.74. The standard InChI is InChI=1S/C17H20N2O2/c1-11-4-6-14(12(2)19-11)17(18)13-5-7-15-16(10-13)21-9-3-8-20-15/h4-7,10,17H,3,8-9,18H2,1-2H3. The zero-order chi connectivity index (χ0) is 14.8. The van der Waals surface area contributed by atoms with Gasteiger partial charge in [0.05, 0.1) is 19.3 Å². The van der Waals surface area contributed by atoms with Gasteiger partial charge in [-0.2, -0.15) is 0 Å². The van der Waals surface area contributed by atoms with Gasteiger partial charge in [-0.05, 0) is 43.2 Å². The lowest BCUT2D eigenvalue weighted by atomic mass is 9.98. The van der Waals surface area contributed by atoms with E-state index in [-0.39, 0.29) is 6.04 Å². The van der Waals surface area contributed by atoms with Gasteiger partial charge in [0.15, 0.2) is 11.5 Å². The number of rotatable bonds is 2. The van der Waals surface area contributed by atoms with Crippen molar-refractivity contribution < 1.29 is 9.47 Å². The zero-order valence-electron chi connectivity index (χ0n) is 12.4. The van der Waals surface area contributed by atoms with E-state index in [1.807, 2.05) is 44.2 Å². The van der Waals surface area contributed by atoms with Crippen molar-refractivity contribution in [1.29, 1.82) is 0 Å². The average molecular weight is 284 g/mol. The van der Waals surface area contributed by atoms with Crippen LogP contribution in [-0.2, 0) is 0 Å². The zero-order valence-corrected chi connectivity index (χ0v) is 12.4. The van der Waals surface area contributed by atoms with Crippen molar-refractivity contribution in [3.05, 3.63) is 52.8 Å². The highest BCUT2D eigenvalue weighted by Crippen LogP contribution is 2.33. The van der Waals surface area contributed by atoms with Crippen LogP contribution < -0.4 is 15.2 Å². The highest BCUT2D eigenvalue weighted by atomic mass is 16.5. The summed E-state index contributed by atoms with van der Waals surface area (Å²) in [5.74, 6) is 1.57. The van der Waals surface area contributed by atoms with Crippen LogP contribution in [0.2, 0.25) is 0 Å². The molecule has 0 spiro atoms. The fraction of sp³-hybridized carbons (Fsp3) is 0.353. The molecule has 4 nitrogen and oxygen atoms in total. The first kappa shape index (κ1) is 13.9. The highest BCUT2D eigenvalue weighted by Gasteiger charge is 2.16. The summed E-state index contributed by atoms with van der Waals surface area (Å²) >= 11 is 0. The quantitative estimate of drug-likeness (QED) is 0.921. The number of benzene rings is 1. The molecule has 1 atom stereocenters. The van der Waals surface area contributed by atoms with E-state index in [2.05, 4.69) is 4.98 Å². The Kier molecular flexibility index (Phi) is 3.80. The minimum Gasteiger partial charge on any atom is -0.490 e. The Morgan fingerprint density at radius 3 is 2.57 bits per heavy atom. The third kappa shape index (κ3) is 2.85. The maximum atomic E-state index is 6.40. The van der Waals surface area contributed by atoms with Crippen molar-refractivity contribution in [2.45, 2.75) is 26.3 Å². The van der Waals surface area contributed by atoms with Crippen LogP contribution in [0.5, 0.6) is 11.5 Å². The van der Waals surface area contributed by atoms with E-state index in [1.54, 1.807) is 0 Å². The van der Waals surface area contributed by atoms with Crippen molar-refractivity contribution in [1.82, 2.24) is 4.98 Å². The predicted molar refractivity (Wildman–Crippen MR) is 81.8 cm³/mol. The SMILES string of the molecule is Cc1ccc(C(N)c2ccc3c(c2)OCCCO3)c(C)n1. The smallest absolute Gasteiger partial charge is 0.161 e. The Morgan fingerprint density at radius 1 is 1.05 bits per heavy atom. The molecule has 0 fully saturated rings. The molecule has 0 radical (unpaired) electrons. The molecular weight excluding hydrogens is 264 g/mol. The van der Waals surface area contributed by atoms with Gasteiger partial charge in [0, 0.05) is 17.8 Å². The Morgan fingerprint density at radius 2 is 1.81 bits per heavy atom. The molecule has 0 bridgehead atoms. The average Bonchev–Trinajstić information content (AvgIpc) is 2.71. The van der Waals surface area contributed by atoms with Crippen molar-refractivity contribution in [3.8, 4) is 11.5 Å². The molecule has 1 aromatic heterocycles. The highest BCUT2D eigenvalue weighted by molar-refractivity contribution is 5.46. The van der Waals surface area contributed by atoms with E-state index in [0.717, 1.165) is 40.4 Å². The van der Waals surface area contributed by atoms with Crippen LogP contribution >= 0.6 is 0 Å². The molecule has 2 N–H and O–H groups in total. The molecule has 2 heterocycles. The van der Waals surface area contributed by atoms with Crippen molar-refractivity contribution >= 4 is 0 Å². The first-order valence-corrected chi connectivity index (χ1v) is 7.24. The van der Waals surface area contributed by atoms with Crippen LogP contribution in [0, 0.1) is 13.8 Å². The van der Waals surface area contributed by atoms with E-state index in [0.29, 0.717) is 13.2 Å². The van der Waals surface area contributed by atoms with Crippen LogP contribution in [0.15, 0.2) is 30.3 Å². The molecule has 0 saturated carbocycles. The molecule has 1 aliphatic heterocycles. The summed E-state index contributed by atoms with van der Waals surface area (Å²) in [5, 5.41) is 0. The number of nitrogens with zero attached hydrogens (tertiary/aromatic N) is 1. The summed E-state index contributed by atoms with van der Waals surface area (Å²) in [6, 6.07) is 9.74. The summed E-state index contributed by atoms with van der Waals surface area (Å²) in [4.78, 5) is 4.49. The number of fused-ring (bicyclic) bond motifs is 1. The second-order valence-electron chi connectivity index (χ2n) is 5.36. The fourth-order valence-corrected chi connectivity index (χ4v) is 2.58. The first-order valence-electron chi connectivity index (χ1n) is 7.24. The van der Waals surface area contributed by atoms with Crippen molar-refractivity contribution in [3.63, 3.8) is 0 Å². The second-order valence-corrected chi connectivity index (χ2v) is 5.36. The van der Waals surface area contributed by atoms with Crippen LogP contribution in [0.25, 0.3) is 0 Å². The lowest BCUT2D eigenvalue weighted by Gasteiger charge is -2.17. The Labute approximate surface area is 124 Å². The maximum absolute atomic E-state index is 6.40. The molecule has 4 heteroatoms. The van der Waals surface area contributed by atoms with Gasteiger partial charge in [-0.3, -0.25) is 4.98 Å². The minimum atomic E-state index is -0.213. The van der Waals surface area contributed by atoms with Crippen LogP contribution in [0.1, 0.15) is 35.0 Å². The van der Waals surface area contributed by atoms with Gasteiger partial charge in [-0.15, -0.1) is 0 Å². The van der Waals surface area contributed by atoms with E-state index < -0.39 is 0 Å².